The Balaban J connectivity index is 4.20. The fraction of sp³-hybridized carbons (Fsp3) is 0.750. The Bertz CT molecular complexity index is 1590. The summed E-state index contributed by atoms with van der Waals surface area (Å²) in [5, 5.41) is 0. The van der Waals surface area contributed by atoms with E-state index in [0.29, 0.717) is 19.3 Å². The highest BCUT2D eigenvalue weighted by molar-refractivity contribution is 5.71. The zero-order chi connectivity index (χ0) is 59.2. The van der Waals surface area contributed by atoms with Crippen LogP contribution in [0.25, 0.3) is 0 Å². The summed E-state index contributed by atoms with van der Waals surface area (Å²) in [5.41, 5.74) is 0. The largest absolute Gasteiger partial charge is 0.462 e. The van der Waals surface area contributed by atoms with Gasteiger partial charge >= 0.3 is 17.9 Å². The van der Waals surface area contributed by atoms with Crippen LogP contribution in [0.5, 0.6) is 0 Å². The molecule has 0 spiro atoms. The van der Waals surface area contributed by atoms with E-state index in [9.17, 15) is 14.4 Å². The molecule has 0 saturated heterocycles. The number of hydrogen-bond acceptors (Lipinski definition) is 6. The minimum absolute atomic E-state index is 0.0719. The molecule has 0 aliphatic rings. The predicted molar refractivity (Wildman–Crippen MR) is 357 cm³/mol. The lowest BCUT2D eigenvalue weighted by Gasteiger charge is -2.18. The van der Waals surface area contributed by atoms with Crippen LogP contribution in [0.15, 0.2) is 97.2 Å². The van der Waals surface area contributed by atoms with E-state index in [4.69, 9.17) is 14.2 Å². The summed E-state index contributed by atoms with van der Waals surface area (Å²) in [4.78, 5) is 38.4. The maximum absolute atomic E-state index is 12.9. The molecule has 0 radical (unpaired) electrons. The molecule has 0 rings (SSSR count). The predicted octanol–water partition coefficient (Wildman–Crippen LogP) is 24.4. The minimum atomic E-state index is -0.775. The molecule has 6 heteroatoms. The summed E-state index contributed by atoms with van der Waals surface area (Å²) in [5.74, 6) is -0.857. The Morgan fingerprint density at radius 1 is 0.256 bits per heavy atom. The van der Waals surface area contributed by atoms with Crippen LogP contribution in [-0.4, -0.2) is 37.2 Å². The lowest BCUT2D eigenvalue weighted by molar-refractivity contribution is -0.167. The van der Waals surface area contributed by atoms with Crippen LogP contribution < -0.4 is 0 Å². The first-order valence-corrected chi connectivity index (χ1v) is 35.2. The minimum Gasteiger partial charge on any atom is -0.462 e. The summed E-state index contributed by atoms with van der Waals surface area (Å²) in [7, 11) is 0. The lowest BCUT2D eigenvalue weighted by Crippen LogP contribution is -2.30. The Morgan fingerprint density at radius 2 is 0.476 bits per heavy atom. The van der Waals surface area contributed by atoms with Gasteiger partial charge in [0.1, 0.15) is 13.2 Å². The Hall–Kier alpha value is -3.67. The maximum Gasteiger partial charge on any atom is 0.306 e. The van der Waals surface area contributed by atoms with Crippen LogP contribution in [0, 0.1) is 0 Å². The average molecular weight is 1140 g/mol. The third-order valence-corrected chi connectivity index (χ3v) is 15.4. The first kappa shape index (κ1) is 78.3. The highest BCUT2D eigenvalue weighted by Gasteiger charge is 2.19. The summed E-state index contributed by atoms with van der Waals surface area (Å²) in [6.07, 6.45) is 94.3. The van der Waals surface area contributed by atoms with Gasteiger partial charge in [0.15, 0.2) is 6.10 Å². The molecule has 0 aromatic heterocycles. The van der Waals surface area contributed by atoms with Crippen molar-refractivity contribution in [3.8, 4) is 0 Å². The Labute approximate surface area is 508 Å². The van der Waals surface area contributed by atoms with E-state index < -0.39 is 6.10 Å². The van der Waals surface area contributed by atoms with Gasteiger partial charge in [-0.25, -0.2) is 0 Å². The van der Waals surface area contributed by atoms with Gasteiger partial charge in [0.2, 0.25) is 0 Å². The molecular weight excluding hydrogens is 1010 g/mol. The van der Waals surface area contributed by atoms with Gasteiger partial charge in [-0.3, -0.25) is 14.4 Å². The van der Waals surface area contributed by atoms with Crippen LogP contribution in [-0.2, 0) is 28.6 Å². The first-order valence-electron chi connectivity index (χ1n) is 35.2. The SMILES string of the molecule is CC/C=C\C/C=C\C/C=C\C/C=C\C/C=C\C/C=C\C/C=C\C/C=C\CCCCCCCCCCCCC(=O)OCC(COC(=O)CCCCCCCCCCCCCCCC)OC(=O)CCCCCCCCCCCCCCCCC. The van der Waals surface area contributed by atoms with Crippen molar-refractivity contribution in [2.24, 2.45) is 0 Å². The normalized spacial score (nSPS) is 12.7. The zero-order valence-corrected chi connectivity index (χ0v) is 54.2. The summed E-state index contributed by atoms with van der Waals surface area (Å²) >= 11 is 0. The molecule has 1 atom stereocenters. The standard InChI is InChI=1S/C76H132O6/c1-4-7-10-13-16-19-22-25-28-29-30-31-32-33-34-35-36-37-38-39-40-41-42-43-44-45-46-47-49-51-54-57-60-63-66-69-75(78)81-72-73(71-80-74(77)68-65-62-59-56-53-50-27-24-21-18-15-12-9-6-3)82-76(79)70-67-64-61-58-55-52-48-26-23-20-17-14-11-8-5-2/h7,10,16,19,25,28,30-31,33-34,36-37,39-40,42-43,73H,4-6,8-9,11-15,17-18,20-24,26-27,29,32,35,38,41,44-72H2,1-3H3/b10-7-,19-16-,28-25-,31-30-,34-33-,37-36-,40-39-,43-42-. The van der Waals surface area contributed by atoms with Crippen LogP contribution in [0.3, 0.4) is 0 Å². The molecular formula is C76H132O6. The smallest absolute Gasteiger partial charge is 0.306 e. The van der Waals surface area contributed by atoms with Crippen molar-refractivity contribution in [1.82, 2.24) is 0 Å². The van der Waals surface area contributed by atoms with E-state index in [1.165, 1.54) is 199 Å². The molecule has 0 N–H and O–H groups in total. The quantitative estimate of drug-likeness (QED) is 0.0261. The number of esters is 3. The summed E-state index contributed by atoms with van der Waals surface area (Å²) in [6, 6.07) is 0. The van der Waals surface area contributed by atoms with Crippen LogP contribution in [0.2, 0.25) is 0 Å². The van der Waals surface area contributed by atoms with E-state index in [1.54, 1.807) is 0 Å². The van der Waals surface area contributed by atoms with Crippen molar-refractivity contribution >= 4 is 17.9 Å². The van der Waals surface area contributed by atoms with Gasteiger partial charge in [0.05, 0.1) is 0 Å². The fourth-order valence-corrected chi connectivity index (χ4v) is 10.1. The van der Waals surface area contributed by atoms with Crippen molar-refractivity contribution in [3.05, 3.63) is 97.2 Å². The number of carbonyl (C=O) groups excluding carboxylic acids is 3. The second-order valence-electron chi connectivity index (χ2n) is 23.4. The van der Waals surface area contributed by atoms with Crippen molar-refractivity contribution in [1.29, 1.82) is 0 Å². The molecule has 0 fully saturated rings. The molecule has 472 valence electrons. The van der Waals surface area contributed by atoms with Crippen molar-refractivity contribution in [2.75, 3.05) is 13.2 Å². The van der Waals surface area contributed by atoms with Crippen LogP contribution in [0.1, 0.15) is 348 Å². The number of ether oxygens (including phenoxy) is 3. The highest BCUT2D eigenvalue weighted by Crippen LogP contribution is 2.17. The molecule has 0 saturated carbocycles. The van der Waals surface area contributed by atoms with Gasteiger partial charge in [-0.15, -0.1) is 0 Å². The average Bonchev–Trinajstić information content (AvgIpc) is 3.48. The molecule has 0 heterocycles. The van der Waals surface area contributed by atoms with E-state index in [-0.39, 0.29) is 31.1 Å². The third-order valence-electron chi connectivity index (χ3n) is 15.4. The first-order chi connectivity index (χ1) is 40.5. The molecule has 0 aromatic rings. The summed E-state index contributed by atoms with van der Waals surface area (Å²) in [6.45, 7) is 6.57. The molecule has 6 nitrogen and oxygen atoms in total. The van der Waals surface area contributed by atoms with E-state index in [0.717, 1.165) is 109 Å². The fourth-order valence-electron chi connectivity index (χ4n) is 10.1. The van der Waals surface area contributed by atoms with E-state index in [1.807, 2.05) is 0 Å². The number of unbranched alkanes of at least 4 members (excludes halogenated alkanes) is 37. The number of allylic oxidation sites excluding steroid dienone is 16. The second kappa shape index (κ2) is 69.8. The van der Waals surface area contributed by atoms with Gasteiger partial charge in [-0.05, 0) is 83.5 Å². The second-order valence-corrected chi connectivity index (χ2v) is 23.4. The molecule has 0 aliphatic carbocycles. The van der Waals surface area contributed by atoms with Gasteiger partial charge in [-0.2, -0.15) is 0 Å². The topological polar surface area (TPSA) is 78.9 Å². The van der Waals surface area contributed by atoms with Gasteiger partial charge < -0.3 is 14.2 Å². The van der Waals surface area contributed by atoms with Gasteiger partial charge in [-0.1, -0.05) is 343 Å². The molecule has 0 bridgehead atoms. The maximum atomic E-state index is 12.9. The van der Waals surface area contributed by atoms with E-state index in [2.05, 4.69) is 118 Å². The lowest BCUT2D eigenvalue weighted by atomic mass is 10.0. The number of carbonyl (C=O) groups is 3. The van der Waals surface area contributed by atoms with Crippen molar-refractivity contribution in [3.63, 3.8) is 0 Å². The summed E-state index contributed by atoms with van der Waals surface area (Å²) < 4.78 is 17.0. The molecule has 0 aliphatic heterocycles. The van der Waals surface area contributed by atoms with E-state index >= 15 is 0 Å². The van der Waals surface area contributed by atoms with Crippen LogP contribution >= 0.6 is 0 Å². The molecule has 0 amide bonds. The van der Waals surface area contributed by atoms with Gasteiger partial charge in [0, 0.05) is 19.3 Å². The molecule has 0 aromatic carbocycles. The Kier molecular flexibility index (Phi) is 66.7. The third kappa shape index (κ3) is 67.1. The highest BCUT2D eigenvalue weighted by atomic mass is 16.6. The monoisotopic (exact) mass is 1140 g/mol. The Morgan fingerprint density at radius 3 is 0.744 bits per heavy atom. The number of rotatable bonds is 64. The molecule has 82 heavy (non-hydrogen) atoms. The zero-order valence-electron chi connectivity index (χ0n) is 54.2. The van der Waals surface area contributed by atoms with Crippen molar-refractivity contribution in [2.45, 2.75) is 354 Å². The van der Waals surface area contributed by atoms with Crippen molar-refractivity contribution < 1.29 is 28.6 Å². The number of hydrogen-bond donors (Lipinski definition) is 0. The van der Waals surface area contributed by atoms with Crippen LogP contribution in [0.4, 0.5) is 0 Å². The molecule has 1 unspecified atom stereocenters. The van der Waals surface area contributed by atoms with Gasteiger partial charge in [0.25, 0.3) is 0 Å².